The molecule has 1 saturated carbocycles. The van der Waals surface area contributed by atoms with Gasteiger partial charge in [0.2, 0.25) is 0 Å². The van der Waals surface area contributed by atoms with Crippen LogP contribution in [0.25, 0.3) is 21.5 Å². The first-order chi connectivity index (χ1) is 19.0. The number of methoxy groups -OCH3 is 1. The van der Waals surface area contributed by atoms with Crippen molar-refractivity contribution < 1.29 is 28.3 Å². The number of hydrogen-bond acceptors (Lipinski definition) is 8. The fourth-order valence-corrected chi connectivity index (χ4v) is 7.28. The van der Waals surface area contributed by atoms with Gasteiger partial charge < -0.3 is 24.0 Å². The Labute approximate surface area is 228 Å². The van der Waals surface area contributed by atoms with Crippen molar-refractivity contribution in [3.8, 4) is 17.0 Å². The van der Waals surface area contributed by atoms with Crippen molar-refractivity contribution in [3.63, 3.8) is 0 Å². The molecule has 4 heterocycles. The van der Waals surface area contributed by atoms with E-state index in [4.69, 9.17) is 19.0 Å². The third kappa shape index (κ3) is 4.45. The number of piperidine rings is 1. The molecule has 2 saturated heterocycles. The molecule has 3 aliphatic rings. The normalized spacial score (nSPS) is 22.5. The lowest BCUT2D eigenvalue weighted by Gasteiger charge is -2.38. The van der Waals surface area contributed by atoms with Crippen molar-refractivity contribution in [2.75, 3.05) is 12.0 Å². The number of hydrogen-bond donors (Lipinski definition) is 1. The van der Waals surface area contributed by atoms with Crippen LogP contribution in [-0.2, 0) is 11.3 Å². The van der Waals surface area contributed by atoms with E-state index in [-0.39, 0.29) is 17.5 Å². The highest BCUT2D eigenvalue weighted by molar-refractivity contribution is 7.22. The molecule has 0 amide bonds. The number of carboxylic acid groups (broad SMARTS) is 1. The predicted molar refractivity (Wildman–Crippen MR) is 144 cm³/mol. The Morgan fingerprint density at radius 1 is 1.15 bits per heavy atom. The molecule has 4 aromatic rings. The standard InChI is InChI=1S/C29H28FN3O5S/c1-36-23-10-17(28(34)35)11-24-26(23)31-29(39-24)33-19-8-9-20(33)13-21(12-19)37-14-22-25(15-4-6-18(30)7-5-15)32-38-27(22)16-2-3-16/h4-7,10-11,16,19-21H,2-3,8-9,12-14H2,1H3,(H,34,35)/t19-,20?,21?/m0/s1. The minimum Gasteiger partial charge on any atom is -0.494 e. The highest BCUT2D eigenvalue weighted by atomic mass is 32.1. The smallest absolute Gasteiger partial charge is 0.335 e. The zero-order valence-electron chi connectivity index (χ0n) is 21.4. The van der Waals surface area contributed by atoms with Crippen molar-refractivity contribution in [2.45, 2.75) is 69.2 Å². The molecule has 2 bridgehead atoms. The summed E-state index contributed by atoms with van der Waals surface area (Å²) in [6.07, 6.45) is 6.20. The minimum absolute atomic E-state index is 0.101. The summed E-state index contributed by atoms with van der Waals surface area (Å²) in [7, 11) is 1.54. The van der Waals surface area contributed by atoms with E-state index in [1.807, 2.05) is 0 Å². The maximum absolute atomic E-state index is 13.5. The number of aromatic carboxylic acids is 1. The first kappa shape index (κ1) is 24.5. The van der Waals surface area contributed by atoms with Crippen molar-refractivity contribution in [1.29, 1.82) is 0 Å². The van der Waals surface area contributed by atoms with Crippen molar-refractivity contribution in [1.82, 2.24) is 10.1 Å². The van der Waals surface area contributed by atoms with Crippen LogP contribution in [0.4, 0.5) is 9.52 Å². The summed E-state index contributed by atoms with van der Waals surface area (Å²) in [4.78, 5) is 18.9. The second-order valence-corrected chi connectivity index (χ2v) is 11.7. The number of thiazole rings is 1. The van der Waals surface area contributed by atoms with Gasteiger partial charge in [0.1, 0.15) is 28.5 Å². The van der Waals surface area contributed by atoms with Gasteiger partial charge in [0.25, 0.3) is 0 Å². The zero-order chi connectivity index (χ0) is 26.7. The SMILES string of the molecule is COc1cc(C(=O)O)cc2sc(N3C4CC[C@H]3CC(OCc3c(-c5ccc(F)cc5)noc3C3CC3)C4)nc12. The fourth-order valence-electron chi connectivity index (χ4n) is 6.12. The number of aromatic nitrogens is 2. The quantitative estimate of drug-likeness (QED) is 0.270. The molecule has 3 fully saturated rings. The van der Waals surface area contributed by atoms with Crippen LogP contribution >= 0.6 is 11.3 Å². The number of anilines is 1. The molecular formula is C29H28FN3O5S. The zero-order valence-corrected chi connectivity index (χ0v) is 22.2. The van der Waals surface area contributed by atoms with Gasteiger partial charge in [0, 0.05) is 29.1 Å². The molecule has 1 N–H and O–H groups in total. The first-order valence-electron chi connectivity index (χ1n) is 13.3. The van der Waals surface area contributed by atoms with Crippen molar-refractivity contribution >= 4 is 32.7 Å². The van der Waals surface area contributed by atoms with Crippen LogP contribution in [0.5, 0.6) is 5.75 Å². The number of nitrogens with zero attached hydrogens (tertiary/aromatic N) is 3. The Morgan fingerprint density at radius 2 is 1.90 bits per heavy atom. The van der Waals surface area contributed by atoms with E-state index in [0.29, 0.717) is 35.9 Å². The summed E-state index contributed by atoms with van der Waals surface area (Å²) in [5, 5.41) is 14.7. The van der Waals surface area contributed by atoms with Crippen LogP contribution in [0, 0.1) is 5.82 Å². The lowest BCUT2D eigenvalue weighted by atomic mass is 10.00. The largest absolute Gasteiger partial charge is 0.494 e. The van der Waals surface area contributed by atoms with E-state index in [1.54, 1.807) is 18.2 Å². The maximum atomic E-state index is 13.5. The number of halogens is 1. The van der Waals surface area contributed by atoms with E-state index in [9.17, 15) is 14.3 Å². The van der Waals surface area contributed by atoms with Crippen LogP contribution in [0.2, 0.25) is 0 Å². The number of carbonyl (C=O) groups is 1. The molecule has 0 radical (unpaired) electrons. The van der Waals surface area contributed by atoms with Crippen LogP contribution in [0.1, 0.15) is 66.1 Å². The number of carboxylic acids is 1. The van der Waals surface area contributed by atoms with Gasteiger partial charge in [0.15, 0.2) is 5.13 Å². The Hall–Kier alpha value is -3.50. The average Bonchev–Trinajstić information content (AvgIpc) is 3.45. The highest BCUT2D eigenvalue weighted by Crippen LogP contribution is 2.46. The first-order valence-corrected chi connectivity index (χ1v) is 14.2. The molecule has 3 atom stereocenters. The molecule has 202 valence electrons. The third-order valence-corrected chi connectivity index (χ3v) is 9.19. The van der Waals surface area contributed by atoms with E-state index in [0.717, 1.165) is 70.9 Å². The molecule has 8 nitrogen and oxygen atoms in total. The van der Waals surface area contributed by atoms with Crippen LogP contribution in [0.15, 0.2) is 40.9 Å². The molecule has 2 aromatic heterocycles. The summed E-state index contributed by atoms with van der Waals surface area (Å²) >= 11 is 1.52. The Balaban J connectivity index is 1.10. The summed E-state index contributed by atoms with van der Waals surface area (Å²) in [6.45, 7) is 0.419. The van der Waals surface area contributed by atoms with E-state index < -0.39 is 5.97 Å². The van der Waals surface area contributed by atoms with E-state index in [2.05, 4.69) is 10.1 Å². The van der Waals surface area contributed by atoms with E-state index in [1.165, 1.54) is 36.6 Å². The number of ether oxygens (including phenoxy) is 2. The molecule has 39 heavy (non-hydrogen) atoms. The average molecular weight is 550 g/mol. The molecule has 1 aliphatic carbocycles. The van der Waals surface area contributed by atoms with Gasteiger partial charge in [-0.3, -0.25) is 0 Å². The highest BCUT2D eigenvalue weighted by Gasteiger charge is 2.43. The van der Waals surface area contributed by atoms with Gasteiger partial charge in [-0.2, -0.15) is 0 Å². The van der Waals surface area contributed by atoms with E-state index >= 15 is 0 Å². The lowest BCUT2D eigenvalue weighted by Crippen LogP contribution is -2.45. The van der Waals surface area contributed by atoms with Crippen LogP contribution < -0.4 is 9.64 Å². The van der Waals surface area contributed by atoms with Gasteiger partial charge in [-0.05, 0) is 74.9 Å². The molecule has 2 aromatic carbocycles. The number of benzene rings is 2. The minimum atomic E-state index is -0.983. The molecule has 0 spiro atoms. The second kappa shape index (κ2) is 9.60. The summed E-state index contributed by atoms with van der Waals surface area (Å²) in [6, 6.07) is 10.2. The molecular weight excluding hydrogens is 521 g/mol. The van der Waals surface area contributed by atoms with Crippen molar-refractivity contribution in [2.24, 2.45) is 0 Å². The number of rotatable bonds is 8. The Morgan fingerprint density at radius 3 is 2.56 bits per heavy atom. The number of fused-ring (bicyclic) bond motifs is 3. The van der Waals surface area contributed by atoms with Gasteiger partial charge in [-0.15, -0.1) is 0 Å². The van der Waals surface area contributed by atoms with Gasteiger partial charge in [-0.25, -0.2) is 14.2 Å². The summed E-state index contributed by atoms with van der Waals surface area (Å²) < 4.78 is 32.1. The Kier molecular flexibility index (Phi) is 6.04. The fraction of sp³-hybridized carbons (Fsp3) is 0.414. The molecule has 2 unspecified atom stereocenters. The summed E-state index contributed by atoms with van der Waals surface area (Å²) in [5.74, 6) is 0.511. The predicted octanol–water partition coefficient (Wildman–Crippen LogP) is 6.39. The molecule has 2 aliphatic heterocycles. The van der Waals surface area contributed by atoms with Crippen LogP contribution in [-0.4, -0.2) is 46.5 Å². The van der Waals surface area contributed by atoms with Gasteiger partial charge in [-0.1, -0.05) is 16.5 Å². The molecule has 7 rings (SSSR count). The lowest BCUT2D eigenvalue weighted by molar-refractivity contribution is 0.0147. The molecule has 10 heteroatoms. The van der Waals surface area contributed by atoms with Gasteiger partial charge in [0.05, 0.1) is 30.1 Å². The Bertz CT molecular complexity index is 1530. The van der Waals surface area contributed by atoms with Crippen LogP contribution in [0.3, 0.4) is 0 Å². The van der Waals surface area contributed by atoms with Crippen molar-refractivity contribution in [3.05, 3.63) is 59.1 Å². The maximum Gasteiger partial charge on any atom is 0.335 e. The summed E-state index contributed by atoms with van der Waals surface area (Å²) in [5.41, 5.74) is 3.45. The topological polar surface area (TPSA) is 97.9 Å². The monoisotopic (exact) mass is 549 g/mol. The third-order valence-electron chi connectivity index (χ3n) is 8.17. The van der Waals surface area contributed by atoms with Gasteiger partial charge >= 0.3 is 5.97 Å². The second-order valence-electron chi connectivity index (χ2n) is 10.7.